The van der Waals surface area contributed by atoms with Crippen LogP contribution in [0.25, 0.3) is 0 Å². The van der Waals surface area contributed by atoms with E-state index in [2.05, 4.69) is 16.9 Å². The Bertz CT molecular complexity index is 1180. The van der Waals surface area contributed by atoms with Crippen LogP contribution in [0.2, 0.25) is 0 Å². The molecule has 6 nitrogen and oxygen atoms in total. The van der Waals surface area contributed by atoms with Crippen LogP contribution in [0, 0.1) is 5.41 Å². The maximum atomic E-state index is 13.5. The van der Waals surface area contributed by atoms with Crippen molar-refractivity contribution >= 4 is 21.7 Å². The van der Waals surface area contributed by atoms with E-state index in [0.717, 1.165) is 30.2 Å². The van der Waals surface area contributed by atoms with Crippen LogP contribution in [0.1, 0.15) is 70.4 Å². The molecule has 1 aliphatic heterocycles. The first kappa shape index (κ1) is 26.8. The van der Waals surface area contributed by atoms with Gasteiger partial charge in [0, 0.05) is 18.0 Å². The van der Waals surface area contributed by atoms with E-state index < -0.39 is 32.9 Å². The molecule has 0 saturated carbocycles. The largest absolute Gasteiger partial charge is 0.512 e. The van der Waals surface area contributed by atoms with Gasteiger partial charge in [-0.05, 0) is 47.9 Å². The summed E-state index contributed by atoms with van der Waals surface area (Å²) in [4.78, 5) is 13.5. The highest BCUT2D eigenvalue weighted by molar-refractivity contribution is 7.92. The molecule has 0 amide bonds. The predicted molar refractivity (Wildman–Crippen MR) is 140 cm³/mol. The molecule has 0 spiro atoms. The number of cyclic esters (lactones) is 1. The van der Waals surface area contributed by atoms with Gasteiger partial charge < -0.3 is 9.84 Å². The zero-order chi connectivity index (χ0) is 25.9. The molecule has 0 fully saturated rings. The highest BCUT2D eigenvalue weighted by Gasteiger charge is 2.45. The third-order valence-electron chi connectivity index (χ3n) is 6.43. The predicted octanol–water partition coefficient (Wildman–Crippen LogP) is 6.12. The molecule has 2 aromatic rings. The number of sulfonamides is 1. The number of aliphatic hydroxyl groups excluding tert-OH is 1. The number of ether oxygens (including phenoxy) is 1. The number of nitrogens with one attached hydrogen (secondary N) is 1. The van der Waals surface area contributed by atoms with E-state index in [9.17, 15) is 18.3 Å². The molecule has 0 aliphatic carbocycles. The van der Waals surface area contributed by atoms with Crippen LogP contribution in [0.3, 0.4) is 0 Å². The first-order chi connectivity index (χ1) is 16.3. The lowest BCUT2D eigenvalue weighted by Gasteiger charge is -2.41. The van der Waals surface area contributed by atoms with Crippen molar-refractivity contribution in [2.45, 2.75) is 71.3 Å². The normalized spacial score (nSPS) is 19.9. The van der Waals surface area contributed by atoms with E-state index in [0.29, 0.717) is 18.5 Å². The van der Waals surface area contributed by atoms with E-state index >= 15 is 0 Å². The van der Waals surface area contributed by atoms with Crippen LogP contribution in [-0.2, 0) is 26.0 Å². The number of hydrogen-bond donors (Lipinski definition) is 2. The Balaban J connectivity index is 1.98. The molecular weight excluding hydrogens is 462 g/mol. The lowest BCUT2D eigenvalue weighted by molar-refractivity contribution is -0.161. The number of carbonyl (C=O) groups is 1. The van der Waals surface area contributed by atoms with Crippen LogP contribution >= 0.6 is 0 Å². The SMILES string of the molecule is CCC[C@@]1(CCc2ccccc2)CC(O)=C([C@@H](c2cccc(NS(C)(=O)=O)c2)C(C)(C)C)C(=O)O1. The minimum absolute atomic E-state index is 0.0594. The number of anilines is 1. The lowest BCUT2D eigenvalue weighted by atomic mass is 9.70. The van der Waals surface area contributed by atoms with Crippen LogP contribution in [0.5, 0.6) is 0 Å². The molecule has 0 bridgehead atoms. The molecule has 2 aromatic carbocycles. The number of aryl methyl sites for hydroxylation is 1. The standard InChI is InChI=1S/C28H37NO5S/c1-6-16-28(17-15-20-11-8-7-9-12-20)19-23(30)24(26(31)34-28)25(27(2,3)4)21-13-10-14-22(18-21)29-35(5,32)33/h7-14,18,25,29-30H,6,15-17,19H2,1-5H3/t25-,28-/m1/s1. The molecule has 1 heterocycles. The average Bonchev–Trinajstić information content (AvgIpc) is 2.74. The Morgan fingerprint density at radius 2 is 1.77 bits per heavy atom. The fourth-order valence-corrected chi connectivity index (χ4v) is 5.62. The summed E-state index contributed by atoms with van der Waals surface area (Å²) in [6.07, 6.45) is 4.23. The zero-order valence-corrected chi connectivity index (χ0v) is 22.1. The topological polar surface area (TPSA) is 92.7 Å². The van der Waals surface area contributed by atoms with Gasteiger partial charge in [0.15, 0.2) is 0 Å². The maximum absolute atomic E-state index is 13.5. The van der Waals surface area contributed by atoms with E-state index in [1.165, 1.54) is 0 Å². The van der Waals surface area contributed by atoms with E-state index in [-0.39, 0.29) is 17.8 Å². The second-order valence-electron chi connectivity index (χ2n) is 10.6. The number of benzene rings is 2. The molecular formula is C28H37NO5S. The summed E-state index contributed by atoms with van der Waals surface area (Å²) in [6, 6.07) is 17.0. The van der Waals surface area contributed by atoms with Crippen LogP contribution < -0.4 is 4.72 Å². The summed E-state index contributed by atoms with van der Waals surface area (Å²) in [5.41, 5.74) is 1.36. The number of rotatable bonds is 9. The van der Waals surface area contributed by atoms with Gasteiger partial charge >= 0.3 is 5.97 Å². The van der Waals surface area contributed by atoms with Crippen molar-refractivity contribution < 1.29 is 23.1 Å². The number of carbonyl (C=O) groups excluding carboxylic acids is 1. The smallest absolute Gasteiger partial charge is 0.338 e. The van der Waals surface area contributed by atoms with Crippen molar-refractivity contribution in [1.29, 1.82) is 0 Å². The molecule has 190 valence electrons. The van der Waals surface area contributed by atoms with Crippen LogP contribution in [0.15, 0.2) is 65.9 Å². The summed E-state index contributed by atoms with van der Waals surface area (Å²) in [6.45, 7) is 8.02. The summed E-state index contributed by atoms with van der Waals surface area (Å²) in [7, 11) is -3.46. The molecule has 0 aromatic heterocycles. The molecule has 35 heavy (non-hydrogen) atoms. The van der Waals surface area contributed by atoms with Gasteiger partial charge in [-0.15, -0.1) is 0 Å². The number of esters is 1. The molecule has 0 saturated heterocycles. The molecule has 0 radical (unpaired) electrons. The Labute approximate surface area is 209 Å². The van der Waals surface area contributed by atoms with Crippen molar-refractivity contribution in [1.82, 2.24) is 0 Å². The summed E-state index contributed by atoms with van der Waals surface area (Å²) in [5.74, 6) is -0.925. The quantitative estimate of drug-likeness (QED) is 0.406. The zero-order valence-electron chi connectivity index (χ0n) is 21.3. The number of aliphatic hydroxyl groups is 1. The fraction of sp³-hybridized carbons (Fsp3) is 0.464. The minimum Gasteiger partial charge on any atom is -0.512 e. The Morgan fingerprint density at radius 1 is 1.09 bits per heavy atom. The minimum atomic E-state index is -3.46. The maximum Gasteiger partial charge on any atom is 0.338 e. The molecule has 1 aliphatic rings. The average molecular weight is 500 g/mol. The van der Waals surface area contributed by atoms with Gasteiger partial charge in [0.1, 0.15) is 11.4 Å². The molecule has 2 N–H and O–H groups in total. The number of hydrogen-bond acceptors (Lipinski definition) is 5. The molecule has 7 heteroatoms. The molecule has 3 rings (SSSR count). The summed E-state index contributed by atoms with van der Waals surface area (Å²) < 4.78 is 32.1. The van der Waals surface area contributed by atoms with Gasteiger partial charge in [0.25, 0.3) is 0 Å². The van der Waals surface area contributed by atoms with Gasteiger partial charge in [-0.3, -0.25) is 4.72 Å². The fourth-order valence-electron chi connectivity index (χ4n) is 5.06. The van der Waals surface area contributed by atoms with E-state index in [1.54, 1.807) is 18.2 Å². The van der Waals surface area contributed by atoms with E-state index in [4.69, 9.17) is 4.74 Å². The molecule has 2 atom stereocenters. The van der Waals surface area contributed by atoms with Crippen molar-refractivity contribution in [3.8, 4) is 0 Å². The first-order valence-corrected chi connectivity index (χ1v) is 14.0. The Hall–Kier alpha value is -2.80. The third-order valence-corrected chi connectivity index (χ3v) is 7.03. The van der Waals surface area contributed by atoms with Crippen molar-refractivity contribution in [3.63, 3.8) is 0 Å². The van der Waals surface area contributed by atoms with Gasteiger partial charge in [-0.25, -0.2) is 13.2 Å². The Morgan fingerprint density at radius 3 is 2.34 bits per heavy atom. The summed E-state index contributed by atoms with van der Waals surface area (Å²) >= 11 is 0. The summed E-state index contributed by atoms with van der Waals surface area (Å²) in [5, 5.41) is 11.3. The van der Waals surface area contributed by atoms with Crippen molar-refractivity contribution in [3.05, 3.63) is 77.1 Å². The first-order valence-electron chi connectivity index (χ1n) is 12.1. The molecule has 0 unspecified atom stereocenters. The Kier molecular flexibility index (Phi) is 8.00. The van der Waals surface area contributed by atoms with Crippen molar-refractivity contribution in [2.24, 2.45) is 5.41 Å². The lowest BCUT2D eigenvalue weighted by Crippen LogP contribution is -2.43. The van der Waals surface area contributed by atoms with Crippen LogP contribution in [0.4, 0.5) is 5.69 Å². The van der Waals surface area contributed by atoms with Crippen molar-refractivity contribution in [2.75, 3.05) is 11.0 Å². The van der Waals surface area contributed by atoms with Gasteiger partial charge in [-0.1, -0.05) is 76.6 Å². The monoisotopic (exact) mass is 499 g/mol. The van der Waals surface area contributed by atoms with Gasteiger partial charge in [-0.2, -0.15) is 0 Å². The second-order valence-corrected chi connectivity index (χ2v) is 12.4. The van der Waals surface area contributed by atoms with Crippen LogP contribution in [-0.4, -0.2) is 31.4 Å². The van der Waals surface area contributed by atoms with Gasteiger partial charge in [0.2, 0.25) is 10.0 Å². The van der Waals surface area contributed by atoms with Gasteiger partial charge in [0.05, 0.1) is 11.8 Å². The highest BCUT2D eigenvalue weighted by Crippen LogP contribution is 2.47. The highest BCUT2D eigenvalue weighted by atomic mass is 32.2. The third kappa shape index (κ3) is 6.88. The van der Waals surface area contributed by atoms with E-state index in [1.807, 2.05) is 52.0 Å². The second kappa shape index (κ2) is 10.4.